The smallest absolute Gasteiger partial charge is 0.270 e. The summed E-state index contributed by atoms with van der Waals surface area (Å²) in [6, 6.07) is 4.09. The summed E-state index contributed by atoms with van der Waals surface area (Å²) in [5.41, 5.74) is 1.23. The summed E-state index contributed by atoms with van der Waals surface area (Å²) in [5.74, 6) is 1.42. The van der Waals surface area contributed by atoms with Gasteiger partial charge in [-0.1, -0.05) is 0 Å². The minimum absolute atomic E-state index is 0.135. The lowest BCUT2D eigenvalue weighted by molar-refractivity contribution is 0.0745. The molecule has 1 aliphatic heterocycles. The van der Waals surface area contributed by atoms with E-state index in [1.807, 2.05) is 26.8 Å². The molecule has 1 atom stereocenters. The zero-order chi connectivity index (χ0) is 22.2. The second kappa shape index (κ2) is 11.1. The lowest BCUT2D eigenvalue weighted by atomic mass is 9.97. The van der Waals surface area contributed by atoms with E-state index in [0.717, 1.165) is 37.4 Å². The molecule has 0 saturated carbocycles. The van der Waals surface area contributed by atoms with Crippen LogP contribution in [0.2, 0.25) is 0 Å². The number of hydrogen-bond acceptors (Lipinski definition) is 9. The predicted molar refractivity (Wildman–Crippen MR) is 120 cm³/mol. The fourth-order valence-corrected chi connectivity index (χ4v) is 4.14. The van der Waals surface area contributed by atoms with Gasteiger partial charge >= 0.3 is 0 Å². The van der Waals surface area contributed by atoms with Crippen LogP contribution in [0.15, 0.2) is 11.4 Å². The Bertz CT molecular complexity index is 925. The summed E-state index contributed by atoms with van der Waals surface area (Å²) in [6.07, 6.45) is 2.17. The van der Waals surface area contributed by atoms with Crippen molar-refractivity contribution in [2.75, 3.05) is 38.1 Å². The number of rotatable bonds is 9. The number of nitrogens with one attached hydrogen (secondary N) is 2. The van der Waals surface area contributed by atoms with Gasteiger partial charge in [0.15, 0.2) is 5.13 Å². The van der Waals surface area contributed by atoms with E-state index in [0.29, 0.717) is 36.3 Å². The Labute approximate surface area is 186 Å². The third kappa shape index (κ3) is 6.95. The van der Waals surface area contributed by atoms with Crippen LogP contribution in [0.5, 0.6) is 0 Å². The number of carbonyl (C=O) groups is 1. The number of hydrogen-bond donors (Lipinski definition) is 2. The molecule has 1 fully saturated rings. The third-order valence-electron chi connectivity index (χ3n) is 4.85. The number of piperidine rings is 1. The fourth-order valence-electron chi connectivity index (χ4n) is 3.44. The molecule has 2 N–H and O–H groups in total. The highest BCUT2D eigenvalue weighted by atomic mass is 32.1. The van der Waals surface area contributed by atoms with E-state index in [-0.39, 0.29) is 17.9 Å². The average molecular weight is 444 g/mol. The second-order valence-electron chi connectivity index (χ2n) is 7.82. The third-order valence-corrected chi connectivity index (χ3v) is 5.60. The van der Waals surface area contributed by atoms with Gasteiger partial charge in [-0.3, -0.25) is 9.69 Å². The van der Waals surface area contributed by atoms with Crippen molar-refractivity contribution in [1.82, 2.24) is 25.2 Å². The van der Waals surface area contributed by atoms with Crippen molar-refractivity contribution in [3.63, 3.8) is 0 Å². The minimum atomic E-state index is -0.226. The molecule has 0 radical (unpaired) electrons. The predicted octanol–water partition coefficient (Wildman–Crippen LogP) is 2.84. The molecule has 0 spiro atoms. The van der Waals surface area contributed by atoms with Crippen LogP contribution in [0, 0.1) is 18.3 Å². The number of aryl methyl sites for hydroxylation is 1. The molecule has 31 heavy (non-hydrogen) atoms. The summed E-state index contributed by atoms with van der Waals surface area (Å²) in [4.78, 5) is 28.1. The molecule has 2 aromatic heterocycles. The molecule has 166 valence electrons. The summed E-state index contributed by atoms with van der Waals surface area (Å²) in [5, 5.41) is 17.3. The van der Waals surface area contributed by atoms with E-state index in [1.165, 1.54) is 11.3 Å². The molecule has 0 aliphatic carbocycles. The Morgan fingerprint density at radius 3 is 3.03 bits per heavy atom. The highest BCUT2D eigenvalue weighted by molar-refractivity contribution is 7.14. The van der Waals surface area contributed by atoms with E-state index >= 15 is 0 Å². The summed E-state index contributed by atoms with van der Waals surface area (Å²) in [7, 11) is 0. The lowest BCUT2D eigenvalue weighted by Crippen LogP contribution is -2.35. The average Bonchev–Trinajstić information content (AvgIpc) is 3.19. The highest BCUT2D eigenvalue weighted by Gasteiger charge is 2.24. The van der Waals surface area contributed by atoms with Crippen molar-refractivity contribution in [3.05, 3.63) is 28.7 Å². The Morgan fingerprint density at radius 1 is 1.42 bits per heavy atom. The van der Waals surface area contributed by atoms with Gasteiger partial charge < -0.3 is 15.4 Å². The number of nitrogens with zero attached hydrogens (tertiary/aromatic N) is 5. The highest BCUT2D eigenvalue weighted by Crippen LogP contribution is 2.27. The van der Waals surface area contributed by atoms with Crippen LogP contribution in [-0.4, -0.2) is 64.6 Å². The molecule has 1 amide bonds. The van der Waals surface area contributed by atoms with E-state index in [2.05, 4.69) is 31.6 Å². The number of amides is 1. The van der Waals surface area contributed by atoms with E-state index in [1.54, 1.807) is 5.38 Å². The van der Waals surface area contributed by atoms with Crippen molar-refractivity contribution < 1.29 is 9.53 Å². The quantitative estimate of drug-likeness (QED) is 0.449. The zero-order valence-electron chi connectivity index (χ0n) is 18.2. The van der Waals surface area contributed by atoms with Crippen LogP contribution in [0.3, 0.4) is 0 Å². The SMILES string of the molecule is Cc1cc(Nc2nc(C(=O)NCCOC(C)C)cs2)nc([C@@H]2CCCN(CC#N)C2)n1. The maximum Gasteiger partial charge on any atom is 0.270 e. The van der Waals surface area contributed by atoms with E-state index in [4.69, 9.17) is 15.0 Å². The number of thiazole rings is 1. The maximum atomic E-state index is 12.3. The van der Waals surface area contributed by atoms with Crippen molar-refractivity contribution in [1.29, 1.82) is 5.26 Å². The molecule has 1 saturated heterocycles. The number of aromatic nitrogens is 3. The van der Waals surface area contributed by atoms with Crippen LogP contribution in [0.25, 0.3) is 0 Å². The Morgan fingerprint density at radius 2 is 2.26 bits per heavy atom. The van der Waals surface area contributed by atoms with Gasteiger partial charge in [-0.25, -0.2) is 15.0 Å². The van der Waals surface area contributed by atoms with Crippen LogP contribution in [-0.2, 0) is 4.74 Å². The van der Waals surface area contributed by atoms with Crippen LogP contribution in [0.4, 0.5) is 10.9 Å². The number of carbonyl (C=O) groups excluding carboxylic acids is 1. The normalized spacial score (nSPS) is 16.8. The minimum Gasteiger partial charge on any atom is -0.377 e. The molecule has 0 aromatic carbocycles. The van der Waals surface area contributed by atoms with Crippen molar-refractivity contribution in [3.8, 4) is 6.07 Å². The van der Waals surface area contributed by atoms with E-state index < -0.39 is 0 Å². The first-order valence-corrected chi connectivity index (χ1v) is 11.4. The fraction of sp³-hybridized carbons (Fsp3) is 0.571. The largest absolute Gasteiger partial charge is 0.377 e. The Balaban J connectivity index is 1.62. The topological polar surface area (TPSA) is 116 Å². The number of ether oxygens (including phenoxy) is 1. The van der Waals surface area contributed by atoms with Gasteiger partial charge in [0.2, 0.25) is 0 Å². The molecular formula is C21H29N7O2S. The lowest BCUT2D eigenvalue weighted by Gasteiger charge is -2.30. The zero-order valence-corrected chi connectivity index (χ0v) is 19.0. The van der Waals surface area contributed by atoms with E-state index in [9.17, 15) is 4.79 Å². The first-order valence-electron chi connectivity index (χ1n) is 10.5. The maximum absolute atomic E-state index is 12.3. The molecule has 2 aromatic rings. The molecule has 9 nitrogen and oxygen atoms in total. The van der Waals surface area contributed by atoms with Crippen LogP contribution >= 0.6 is 11.3 Å². The summed E-state index contributed by atoms with van der Waals surface area (Å²) >= 11 is 1.35. The molecule has 3 rings (SSSR count). The molecule has 1 aliphatic rings. The van der Waals surface area contributed by atoms with Gasteiger partial charge in [0.25, 0.3) is 5.91 Å². The van der Waals surface area contributed by atoms with Gasteiger partial charge in [-0.2, -0.15) is 5.26 Å². The van der Waals surface area contributed by atoms with Gasteiger partial charge in [0.1, 0.15) is 17.3 Å². The molecular weight excluding hydrogens is 414 g/mol. The van der Waals surface area contributed by atoms with Crippen molar-refractivity contribution in [2.45, 2.75) is 45.6 Å². The summed E-state index contributed by atoms with van der Waals surface area (Å²) in [6.45, 7) is 8.92. The molecule has 0 bridgehead atoms. The molecule has 0 unspecified atom stereocenters. The Kier molecular flexibility index (Phi) is 8.28. The first kappa shape index (κ1) is 23.1. The standard InChI is InChI=1S/C21H29N7O2S/c1-14(2)30-10-7-23-20(29)17-13-31-21(25-17)27-18-11-15(3)24-19(26-18)16-5-4-8-28(12-16)9-6-22/h11,13-14,16H,4-5,7-10,12H2,1-3H3,(H,23,29)(H,24,25,26,27)/t16-/m1/s1. The number of nitriles is 1. The van der Waals surface area contributed by atoms with Gasteiger partial charge in [-0.05, 0) is 40.2 Å². The molecule has 10 heteroatoms. The van der Waals surface area contributed by atoms with Gasteiger partial charge in [0, 0.05) is 36.1 Å². The number of anilines is 2. The van der Waals surface area contributed by atoms with Gasteiger partial charge in [-0.15, -0.1) is 11.3 Å². The van der Waals surface area contributed by atoms with Crippen LogP contribution in [0.1, 0.15) is 54.6 Å². The first-order chi connectivity index (χ1) is 14.9. The molecule has 3 heterocycles. The van der Waals surface area contributed by atoms with Gasteiger partial charge in [0.05, 0.1) is 25.3 Å². The monoisotopic (exact) mass is 443 g/mol. The van der Waals surface area contributed by atoms with Crippen LogP contribution < -0.4 is 10.6 Å². The second-order valence-corrected chi connectivity index (χ2v) is 8.68. The van der Waals surface area contributed by atoms with Crippen molar-refractivity contribution >= 4 is 28.2 Å². The van der Waals surface area contributed by atoms with Crippen molar-refractivity contribution in [2.24, 2.45) is 0 Å². The number of likely N-dealkylation sites (tertiary alicyclic amines) is 1. The Hall–Kier alpha value is -2.61. The summed E-state index contributed by atoms with van der Waals surface area (Å²) < 4.78 is 5.43.